The summed E-state index contributed by atoms with van der Waals surface area (Å²) in [6.07, 6.45) is 6.31. The van der Waals surface area contributed by atoms with E-state index in [9.17, 15) is 14.7 Å². The molecule has 2 aliphatic heterocycles. The maximum absolute atomic E-state index is 12.8. The summed E-state index contributed by atoms with van der Waals surface area (Å²) in [5.41, 5.74) is 7.31. The summed E-state index contributed by atoms with van der Waals surface area (Å²) < 4.78 is 0. The second-order valence-corrected chi connectivity index (χ2v) is 8.56. The molecule has 2 heterocycles. The Hall–Kier alpha value is -1.79. The van der Waals surface area contributed by atoms with Gasteiger partial charge in [-0.1, -0.05) is 12.1 Å². The minimum Gasteiger partial charge on any atom is -0.508 e. The van der Waals surface area contributed by atoms with Crippen molar-refractivity contribution in [3.05, 3.63) is 29.8 Å². The number of phenolic OH excluding ortho intramolecular Hbond substituents is 1. The number of nitrogens with two attached hydrogens (primary N) is 1. The molecule has 0 aromatic heterocycles. The zero-order chi connectivity index (χ0) is 19.0. The summed E-state index contributed by atoms with van der Waals surface area (Å²) in [6, 6.07) is 6.77. The fourth-order valence-corrected chi connectivity index (χ4v) is 4.58. The molecule has 1 atom stereocenters. The number of rotatable bonds is 4. The Kier molecular flexibility index (Phi) is 6.20. The van der Waals surface area contributed by atoms with Gasteiger partial charge in [-0.15, -0.1) is 12.4 Å². The van der Waals surface area contributed by atoms with Crippen molar-refractivity contribution in [2.24, 2.45) is 11.1 Å². The van der Waals surface area contributed by atoms with E-state index >= 15 is 0 Å². The first-order valence-corrected chi connectivity index (χ1v) is 10.1. The van der Waals surface area contributed by atoms with E-state index in [1.165, 1.54) is 0 Å². The Balaban J connectivity index is 0.00000225. The minimum atomic E-state index is -0.556. The van der Waals surface area contributed by atoms with E-state index in [1.54, 1.807) is 24.3 Å². The quantitative estimate of drug-likeness (QED) is 0.799. The third-order valence-electron chi connectivity index (χ3n) is 6.53. The van der Waals surface area contributed by atoms with Gasteiger partial charge in [0.05, 0.1) is 6.04 Å². The number of hydrogen-bond acceptors (Lipinski definition) is 4. The smallest absolute Gasteiger partial charge is 0.239 e. The zero-order valence-electron chi connectivity index (χ0n) is 16.2. The molecule has 1 aliphatic carbocycles. The minimum absolute atomic E-state index is 0. The van der Waals surface area contributed by atoms with Gasteiger partial charge < -0.3 is 20.6 Å². The van der Waals surface area contributed by atoms with E-state index in [-0.39, 0.29) is 29.5 Å². The highest BCUT2D eigenvalue weighted by Crippen LogP contribution is 2.43. The predicted octanol–water partition coefficient (Wildman–Crippen LogP) is 2.08. The number of aromatic hydroxyl groups is 1. The van der Waals surface area contributed by atoms with E-state index in [2.05, 4.69) is 4.90 Å². The summed E-state index contributed by atoms with van der Waals surface area (Å²) in [6.45, 7) is 2.34. The molecule has 28 heavy (non-hydrogen) atoms. The number of likely N-dealkylation sites (tertiary alicyclic amines) is 2. The van der Waals surface area contributed by atoms with E-state index in [4.69, 9.17) is 5.73 Å². The molecule has 3 aliphatic rings. The average molecular weight is 408 g/mol. The monoisotopic (exact) mass is 407 g/mol. The van der Waals surface area contributed by atoms with Gasteiger partial charge in [0.2, 0.25) is 11.8 Å². The lowest BCUT2D eigenvalue weighted by atomic mass is 9.72. The fourth-order valence-electron chi connectivity index (χ4n) is 4.58. The second kappa shape index (κ2) is 8.29. The van der Waals surface area contributed by atoms with Crippen molar-refractivity contribution >= 4 is 24.2 Å². The van der Waals surface area contributed by atoms with Crippen molar-refractivity contribution in [3.63, 3.8) is 0 Å². The number of hydrogen-bond donors (Lipinski definition) is 2. The maximum Gasteiger partial charge on any atom is 0.239 e. The summed E-state index contributed by atoms with van der Waals surface area (Å²) >= 11 is 0. The van der Waals surface area contributed by atoms with Crippen molar-refractivity contribution in [1.29, 1.82) is 0 Å². The molecule has 1 spiro atoms. The number of piperidine rings is 2. The number of phenols is 1. The van der Waals surface area contributed by atoms with Crippen LogP contribution in [0.1, 0.15) is 44.1 Å². The van der Waals surface area contributed by atoms with Gasteiger partial charge in [-0.25, -0.2) is 0 Å². The first-order valence-electron chi connectivity index (χ1n) is 10.1. The molecule has 4 rings (SSSR count). The second-order valence-electron chi connectivity index (χ2n) is 8.56. The van der Waals surface area contributed by atoms with Crippen LogP contribution >= 0.6 is 12.4 Å². The van der Waals surface area contributed by atoms with E-state index in [1.807, 2.05) is 4.90 Å². The number of nitrogens with zero attached hydrogens (tertiary/aromatic N) is 2. The molecule has 2 saturated heterocycles. The third-order valence-corrected chi connectivity index (χ3v) is 6.53. The van der Waals surface area contributed by atoms with Gasteiger partial charge in [0.1, 0.15) is 5.75 Å². The Morgan fingerprint density at radius 2 is 1.82 bits per heavy atom. The van der Waals surface area contributed by atoms with Gasteiger partial charge in [-0.2, -0.15) is 0 Å². The van der Waals surface area contributed by atoms with E-state index in [0.29, 0.717) is 24.8 Å². The lowest BCUT2D eigenvalue weighted by molar-refractivity contribution is -0.143. The topological polar surface area (TPSA) is 86.9 Å². The number of carbonyl (C=O) groups is 2. The molecule has 1 saturated carbocycles. The number of carbonyl (C=O) groups excluding carboxylic acids is 2. The van der Waals surface area contributed by atoms with Crippen LogP contribution in [0.2, 0.25) is 0 Å². The normalized spacial score (nSPS) is 22.7. The van der Waals surface area contributed by atoms with E-state index in [0.717, 1.165) is 57.3 Å². The van der Waals surface area contributed by atoms with Crippen LogP contribution in [0.4, 0.5) is 0 Å². The van der Waals surface area contributed by atoms with Gasteiger partial charge >= 0.3 is 0 Å². The molecule has 6 nitrogen and oxygen atoms in total. The molecular weight excluding hydrogens is 378 g/mol. The Labute approximate surface area is 172 Å². The van der Waals surface area contributed by atoms with Gasteiger partial charge in [0.15, 0.2) is 0 Å². The maximum atomic E-state index is 12.8. The van der Waals surface area contributed by atoms with Crippen LogP contribution < -0.4 is 5.73 Å². The molecule has 3 fully saturated rings. The summed E-state index contributed by atoms with van der Waals surface area (Å²) in [7, 11) is 0. The number of amides is 2. The zero-order valence-corrected chi connectivity index (χ0v) is 17.0. The SMILES string of the molecule is Cl.N[C@@H](Cc1ccc(O)cc1)C(=O)N1CCC2(CCC(=O)N(C3CC3)C2)CC1. The van der Waals surface area contributed by atoms with Crippen LogP contribution in [0.5, 0.6) is 5.75 Å². The number of halogens is 1. The Morgan fingerprint density at radius 1 is 1.18 bits per heavy atom. The first-order chi connectivity index (χ1) is 13.0. The van der Waals surface area contributed by atoms with Crippen LogP contribution in [0.3, 0.4) is 0 Å². The molecule has 0 radical (unpaired) electrons. The molecule has 0 unspecified atom stereocenters. The lowest BCUT2D eigenvalue weighted by Crippen LogP contribution is -2.55. The average Bonchev–Trinajstić information content (AvgIpc) is 3.51. The summed E-state index contributed by atoms with van der Waals surface area (Å²) in [5.74, 6) is 0.535. The lowest BCUT2D eigenvalue weighted by Gasteiger charge is -2.48. The molecule has 7 heteroatoms. The van der Waals surface area contributed by atoms with Crippen molar-refractivity contribution < 1.29 is 14.7 Å². The first kappa shape index (κ1) is 20.9. The van der Waals surface area contributed by atoms with Crippen LogP contribution in [-0.2, 0) is 16.0 Å². The van der Waals surface area contributed by atoms with Crippen LogP contribution in [0, 0.1) is 5.41 Å². The highest BCUT2D eigenvalue weighted by Gasteiger charge is 2.45. The highest BCUT2D eigenvalue weighted by atomic mass is 35.5. The molecular formula is C21H30ClN3O3. The van der Waals surface area contributed by atoms with Crippen LogP contribution in [0.25, 0.3) is 0 Å². The van der Waals surface area contributed by atoms with Gasteiger partial charge in [-0.3, -0.25) is 9.59 Å². The fraction of sp³-hybridized carbons (Fsp3) is 0.619. The highest BCUT2D eigenvalue weighted by molar-refractivity contribution is 5.85. The molecule has 3 N–H and O–H groups in total. The third kappa shape index (κ3) is 4.44. The molecule has 2 amide bonds. The van der Waals surface area contributed by atoms with Crippen LogP contribution in [0.15, 0.2) is 24.3 Å². The van der Waals surface area contributed by atoms with Gasteiger partial charge in [-0.05, 0) is 61.6 Å². The Morgan fingerprint density at radius 3 is 2.43 bits per heavy atom. The molecule has 1 aromatic carbocycles. The number of benzene rings is 1. The van der Waals surface area contributed by atoms with Crippen molar-refractivity contribution in [2.75, 3.05) is 19.6 Å². The molecule has 0 bridgehead atoms. The Bertz CT molecular complexity index is 712. The summed E-state index contributed by atoms with van der Waals surface area (Å²) in [5, 5.41) is 9.37. The van der Waals surface area contributed by atoms with Gasteiger partial charge in [0, 0.05) is 32.1 Å². The summed E-state index contributed by atoms with van der Waals surface area (Å²) in [4.78, 5) is 29.0. The molecule has 154 valence electrons. The largest absolute Gasteiger partial charge is 0.508 e. The van der Waals surface area contributed by atoms with E-state index < -0.39 is 6.04 Å². The van der Waals surface area contributed by atoms with Crippen molar-refractivity contribution in [1.82, 2.24) is 9.80 Å². The van der Waals surface area contributed by atoms with Crippen molar-refractivity contribution in [2.45, 2.75) is 57.0 Å². The van der Waals surface area contributed by atoms with Gasteiger partial charge in [0.25, 0.3) is 0 Å². The van der Waals surface area contributed by atoms with Crippen molar-refractivity contribution in [3.8, 4) is 5.75 Å². The molecule has 1 aromatic rings. The predicted molar refractivity (Wildman–Crippen MR) is 109 cm³/mol. The van der Waals surface area contributed by atoms with Crippen LogP contribution in [-0.4, -0.2) is 58.4 Å². The standard InChI is InChI=1S/C21H29N3O3.ClH/c22-18(13-15-1-5-17(25)6-2-15)20(27)23-11-9-21(10-12-23)8-7-19(26)24(14-21)16-3-4-16;/h1-2,5-6,16,18,25H,3-4,7-14,22H2;1H/t18-;/m0./s1.